The third-order valence-corrected chi connectivity index (χ3v) is 6.63. The van der Waals surface area contributed by atoms with Crippen LogP contribution in [-0.4, -0.2) is 38.0 Å². The highest BCUT2D eigenvalue weighted by atomic mass is 19.4. The highest BCUT2D eigenvalue weighted by Gasteiger charge is 2.30. The predicted molar refractivity (Wildman–Crippen MR) is 146 cm³/mol. The monoisotopic (exact) mass is 562 g/mol. The van der Waals surface area contributed by atoms with Crippen LogP contribution in [0.15, 0.2) is 73.1 Å². The van der Waals surface area contributed by atoms with Gasteiger partial charge in [-0.3, -0.25) is 0 Å². The molecule has 3 aromatic carbocycles. The second-order valence-electron chi connectivity index (χ2n) is 9.52. The van der Waals surface area contributed by atoms with Crippen molar-refractivity contribution in [2.45, 2.75) is 25.7 Å². The fourth-order valence-corrected chi connectivity index (χ4v) is 4.48. The van der Waals surface area contributed by atoms with Crippen LogP contribution >= 0.6 is 0 Å². The fraction of sp³-hybridized carbons (Fsp3) is 0.207. The molecule has 41 heavy (non-hydrogen) atoms. The molecule has 3 N–H and O–H groups in total. The molecule has 9 nitrogen and oxygen atoms in total. The summed E-state index contributed by atoms with van der Waals surface area (Å²) in [6, 6.07) is 17.7. The lowest BCUT2D eigenvalue weighted by atomic mass is 10.1. The molecule has 210 valence electrons. The van der Waals surface area contributed by atoms with Crippen molar-refractivity contribution >= 4 is 22.9 Å². The molecule has 0 saturated heterocycles. The molecular formula is C29H25F3N6O3. The number of hydrogen-bond donors (Lipinski definition) is 3. The van der Waals surface area contributed by atoms with Crippen molar-refractivity contribution in [3.05, 3.63) is 95.3 Å². The first-order valence-electron chi connectivity index (χ1n) is 12.8. The van der Waals surface area contributed by atoms with E-state index in [-0.39, 0.29) is 19.1 Å². The maximum absolute atomic E-state index is 13.0. The summed E-state index contributed by atoms with van der Waals surface area (Å²) in [6.45, 7) is 1.43. The number of aromatic nitrogens is 4. The number of rotatable bonds is 9. The van der Waals surface area contributed by atoms with E-state index >= 15 is 0 Å². The number of nitrogens with one attached hydrogen (secondary N) is 2. The highest BCUT2D eigenvalue weighted by molar-refractivity contribution is 5.84. The molecule has 0 atom stereocenters. The standard InChI is InChI=1S/C29H25F3N6O3/c30-29(31,32)21-6-1-19(2-7-21)15-38-16-35-25-26(33-12-11-18-3-8-22(39)9-4-18)36-28(37-27(25)38)34-14-20-5-10-23-24(13-20)41-17-40-23/h1-10,13,16,39H,11-12,14-15,17H2,(H2,33,34,36,37). The number of aromatic hydroxyl groups is 1. The third kappa shape index (κ3) is 5.96. The van der Waals surface area contributed by atoms with Crippen LogP contribution in [0.25, 0.3) is 11.2 Å². The smallest absolute Gasteiger partial charge is 0.416 e. The van der Waals surface area contributed by atoms with Gasteiger partial charge in [-0.05, 0) is 59.5 Å². The molecule has 0 spiro atoms. The molecular weight excluding hydrogens is 537 g/mol. The lowest BCUT2D eigenvalue weighted by Gasteiger charge is -2.12. The van der Waals surface area contributed by atoms with Crippen LogP contribution in [-0.2, 0) is 25.7 Å². The Morgan fingerprint density at radius 1 is 0.854 bits per heavy atom. The second kappa shape index (κ2) is 10.9. The first-order valence-corrected chi connectivity index (χ1v) is 12.8. The molecule has 0 aliphatic carbocycles. The number of alkyl halides is 3. The Morgan fingerprint density at radius 2 is 1.59 bits per heavy atom. The van der Waals surface area contributed by atoms with E-state index in [0.29, 0.717) is 59.5 Å². The zero-order chi connectivity index (χ0) is 28.4. The number of benzene rings is 3. The van der Waals surface area contributed by atoms with Gasteiger partial charge >= 0.3 is 6.18 Å². The van der Waals surface area contributed by atoms with E-state index in [1.807, 2.05) is 30.3 Å². The van der Waals surface area contributed by atoms with E-state index in [2.05, 4.69) is 25.6 Å². The van der Waals surface area contributed by atoms with Crippen molar-refractivity contribution in [1.29, 1.82) is 0 Å². The summed E-state index contributed by atoms with van der Waals surface area (Å²) in [5.74, 6) is 2.45. The van der Waals surface area contributed by atoms with Gasteiger partial charge in [0.1, 0.15) is 5.75 Å². The number of halogens is 3. The Balaban J connectivity index is 1.25. The Morgan fingerprint density at radius 3 is 2.37 bits per heavy atom. The average molecular weight is 563 g/mol. The summed E-state index contributed by atoms with van der Waals surface area (Å²) in [4.78, 5) is 13.9. The van der Waals surface area contributed by atoms with E-state index in [1.165, 1.54) is 12.1 Å². The van der Waals surface area contributed by atoms with Crippen LogP contribution < -0.4 is 20.1 Å². The summed E-state index contributed by atoms with van der Waals surface area (Å²) in [5, 5.41) is 16.1. The van der Waals surface area contributed by atoms with Crippen molar-refractivity contribution < 1.29 is 27.8 Å². The van der Waals surface area contributed by atoms with Gasteiger partial charge in [0.15, 0.2) is 28.5 Å². The quantitative estimate of drug-likeness (QED) is 0.213. The molecule has 0 radical (unpaired) electrons. The molecule has 5 aromatic rings. The summed E-state index contributed by atoms with van der Waals surface area (Å²) in [7, 11) is 0. The Bertz CT molecular complexity index is 1670. The van der Waals surface area contributed by atoms with Crippen molar-refractivity contribution in [3.63, 3.8) is 0 Å². The van der Waals surface area contributed by atoms with Crippen LogP contribution in [0.3, 0.4) is 0 Å². The third-order valence-electron chi connectivity index (χ3n) is 6.63. The van der Waals surface area contributed by atoms with Crippen LogP contribution in [0.4, 0.5) is 24.9 Å². The predicted octanol–water partition coefficient (Wildman–Crippen LogP) is 5.59. The molecule has 0 fully saturated rings. The number of anilines is 2. The first-order chi connectivity index (χ1) is 19.8. The largest absolute Gasteiger partial charge is 0.508 e. The van der Waals surface area contributed by atoms with E-state index < -0.39 is 11.7 Å². The van der Waals surface area contributed by atoms with E-state index in [9.17, 15) is 18.3 Å². The van der Waals surface area contributed by atoms with Crippen LogP contribution in [0.2, 0.25) is 0 Å². The molecule has 0 amide bonds. The molecule has 1 aliphatic heterocycles. The number of phenols is 1. The molecule has 0 unspecified atom stereocenters. The zero-order valence-corrected chi connectivity index (χ0v) is 21.7. The van der Waals surface area contributed by atoms with Gasteiger partial charge in [-0.25, -0.2) is 4.98 Å². The SMILES string of the molecule is Oc1ccc(CCNc2nc(NCc3ccc4c(c3)OCO4)nc3c2ncn3Cc2ccc(C(F)(F)F)cc2)cc1. The fourth-order valence-electron chi connectivity index (χ4n) is 4.48. The minimum absolute atomic E-state index is 0.189. The summed E-state index contributed by atoms with van der Waals surface area (Å²) in [5.41, 5.74) is 3.02. The van der Waals surface area contributed by atoms with E-state index in [0.717, 1.165) is 23.3 Å². The van der Waals surface area contributed by atoms with E-state index in [4.69, 9.17) is 9.47 Å². The highest BCUT2D eigenvalue weighted by Crippen LogP contribution is 2.33. The van der Waals surface area contributed by atoms with Crippen LogP contribution in [0.5, 0.6) is 17.2 Å². The minimum Gasteiger partial charge on any atom is -0.508 e. The number of imidazole rings is 1. The second-order valence-corrected chi connectivity index (χ2v) is 9.52. The summed E-state index contributed by atoms with van der Waals surface area (Å²) in [6.07, 6.45) is -2.12. The number of nitrogens with zero attached hydrogens (tertiary/aromatic N) is 4. The molecule has 6 rings (SSSR count). The Hall–Kier alpha value is -5.00. The Labute approximate surface area is 232 Å². The number of phenolic OH excluding ortho intramolecular Hbond substituents is 1. The van der Waals surface area contributed by atoms with Gasteiger partial charge in [0, 0.05) is 13.1 Å². The van der Waals surface area contributed by atoms with Gasteiger partial charge < -0.3 is 29.8 Å². The lowest BCUT2D eigenvalue weighted by Crippen LogP contribution is -2.11. The molecule has 0 bridgehead atoms. The van der Waals surface area contributed by atoms with E-state index in [1.54, 1.807) is 23.0 Å². The summed E-state index contributed by atoms with van der Waals surface area (Å²) < 4.78 is 51.7. The summed E-state index contributed by atoms with van der Waals surface area (Å²) >= 11 is 0. The normalized spacial score (nSPS) is 12.6. The molecule has 0 saturated carbocycles. The van der Waals surface area contributed by atoms with Gasteiger partial charge in [0.05, 0.1) is 18.4 Å². The van der Waals surface area contributed by atoms with Gasteiger partial charge in [0.2, 0.25) is 12.7 Å². The van der Waals surface area contributed by atoms with Crippen molar-refractivity contribution in [3.8, 4) is 17.2 Å². The lowest BCUT2D eigenvalue weighted by molar-refractivity contribution is -0.137. The van der Waals surface area contributed by atoms with Gasteiger partial charge in [-0.2, -0.15) is 23.1 Å². The van der Waals surface area contributed by atoms with Gasteiger partial charge in [0.25, 0.3) is 0 Å². The van der Waals surface area contributed by atoms with Gasteiger partial charge in [-0.1, -0.05) is 30.3 Å². The number of hydrogen-bond acceptors (Lipinski definition) is 8. The van der Waals surface area contributed by atoms with Crippen LogP contribution in [0.1, 0.15) is 22.3 Å². The minimum atomic E-state index is -4.40. The molecule has 1 aliphatic rings. The first kappa shape index (κ1) is 26.2. The van der Waals surface area contributed by atoms with Crippen molar-refractivity contribution in [2.75, 3.05) is 24.0 Å². The molecule has 3 heterocycles. The Kier molecular flexibility index (Phi) is 6.96. The maximum Gasteiger partial charge on any atom is 0.416 e. The topological polar surface area (TPSA) is 106 Å². The van der Waals surface area contributed by atoms with Crippen molar-refractivity contribution in [1.82, 2.24) is 19.5 Å². The van der Waals surface area contributed by atoms with Crippen LogP contribution in [0, 0.1) is 0 Å². The number of ether oxygens (including phenoxy) is 2. The molecule has 12 heteroatoms. The van der Waals surface area contributed by atoms with Gasteiger partial charge in [-0.15, -0.1) is 0 Å². The zero-order valence-electron chi connectivity index (χ0n) is 21.7. The number of fused-ring (bicyclic) bond motifs is 2. The average Bonchev–Trinajstić information content (AvgIpc) is 3.60. The molecule has 2 aromatic heterocycles. The van der Waals surface area contributed by atoms with Crippen molar-refractivity contribution in [2.24, 2.45) is 0 Å². The maximum atomic E-state index is 13.0.